The smallest absolute Gasteiger partial charge is 0.390 e. The Labute approximate surface area is 231 Å². The molecule has 208 valence electrons. The van der Waals surface area contributed by atoms with E-state index in [1.165, 1.54) is 5.39 Å². The Morgan fingerprint density at radius 2 is 1.76 bits per heavy atom. The van der Waals surface area contributed by atoms with Crippen molar-refractivity contribution in [1.29, 1.82) is 0 Å². The first kappa shape index (κ1) is 25.8. The molecule has 0 amide bonds. The average Bonchev–Trinajstić information content (AvgIpc) is 3.48. The lowest BCUT2D eigenvalue weighted by Gasteiger charge is -2.17. The van der Waals surface area contributed by atoms with Crippen LogP contribution in [0.4, 0.5) is 5.95 Å². The Morgan fingerprint density at radius 1 is 1.05 bits per heavy atom. The third-order valence-electron chi connectivity index (χ3n) is 7.47. The maximum absolute atomic E-state index is 12.7. The highest BCUT2D eigenvalue weighted by molar-refractivity contribution is 7.46. The van der Waals surface area contributed by atoms with Gasteiger partial charge in [-0.2, -0.15) is 4.98 Å². The molecule has 6 aromatic rings. The number of hydrogen-bond donors (Lipinski definition) is 5. The number of aliphatic hydroxyl groups is 1. The number of aliphatic hydroxyl groups excluding tert-OH is 1. The number of aromatic nitrogens is 4. The lowest BCUT2D eigenvalue weighted by atomic mass is 9.92. The molecule has 0 bridgehead atoms. The van der Waals surface area contributed by atoms with Crippen molar-refractivity contribution in [3.63, 3.8) is 0 Å². The van der Waals surface area contributed by atoms with Crippen molar-refractivity contribution in [2.45, 2.75) is 24.9 Å². The summed E-state index contributed by atoms with van der Waals surface area (Å²) in [5.41, 5.74) is 6.39. The van der Waals surface area contributed by atoms with E-state index >= 15 is 0 Å². The van der Waals surface area contributed by atoms with Crippen LogP contribution >= 0.6 is 7.82 Å². The molecule has 0 spiro atoms. The molecule has 3 heterocycles. The third-order valence-corrected chi connectivity index (χ3v) is 7.96. The zero-order chi connectivity index (χ0) is 28.5. The monoisotopic (exact) mass is 573 g/mol. The molecule has 1 saturated heterocycles. The highest BCUT2D eigenvalue weighted by Gasteiger charge is 2.38. The fraction of sp³-hybridized carbons (Fsp3) is 0.179. The molecular weight excluding hydrogens is 549 g/mol. The quantitative estimate of drug-likeness (QED) is 0.146. The highest BCUT2D eigenvalue weighted by atomic mass is 31.2. The van der Waals surface area contributed by atoms with Gasteiger partial charge in [-0.3, -0.25) is 18.9 Å². The van der Waals surface area contributed by atoms with E-state index in [4.69, 9.17) is 20.3 Å². The first-order chi connectivity index (χ1) is 19.7. The summed E-state index contributed by atoms with van der Waals surface area (Å²) in [6.07, 6.45) is 0.667. The molecule has 0 unspecified atom stereocenters. The van der Waals surface area contributed by atoms with Crippen LogP contribution in [0.1, 0.15) is 24.0 Å². The van der Waals surface area contributed by atoms with Gasteiger partial charge >= 0.3 is 7.82 Å². The summed E-state index contributed by atoms with van der Waals surface area (Å²) < 4.78 is 23.2. The molecule has 2 aromatic heterocycles. The number of rotatable bonds is 6. The molecule has 0 saturated carbocycles. The summed E-state index contributed by atoms with van der Waals surface area (Å²) in [5.74, 6) is 0.203. The number of phosphoric ester groups is 1. The van der Waals surface area contributed by atoms with Gasteiger partial charge < -0.3 is 25.4 Å². The minimum absolute atomic E-state index is 0.0299. The summed E-state index contributed by atoms with van der Waals surface area (Å²) >= 11 is 0. The van der Waals surface area contributed by atoms with Crippen LogP contribution in [0.5, 0.6) is 0 Å². The van der Waals surface area contributed by atoms with Crippen molar-refractivity contribution in [3.8, 4) is 0 Å². The van der Waals surface area contributed by atoms with Crippen LogP contribution in [0.2, 0.25) is 0 Å². The lowest BCUT2D eigenvalue weighted by Crippen LogP contribution is -2.26. The van der Waals surface area contributed by atoms with Gasteiger partial charge in [-0.25, -0.2) is 9.55 Å². The number of nitrogens with zero attached hydrogens (tertiary/aromatic N) is 3. The summed E-state index contributed by atoms with van der Waals surface area (Å²) in [6, 6.07) is 18.7. The molecule has 12 nitrogen and oxygen atoms in total. The van der Waals surface area contributed by atoms with Gasteiger partial charge in [0.05, 0.1) is 12.7 Å². The lowest BCUT2D eigenvalue weighted by molar-refractivity contribution is -0.0426. The zero-order valence-corrected chi connectivity index (χ0v) is 22.2. The topological polar surface area (TPSA) is 186 Å². The Bertz CT molecular complexity index is 2080. The first-order valence-electron chi connectivity index (χ1n) is 12.8. The molecule has 7 rings (SSSR count). The van der Waals surface area contributed by atoms with Crippen LogP contribution in [-0.2, 0) is 13.8 Å². The molecule has 6 N–H and O–H groups in total. The number of imidazole rings is 1. The van der Waals surface area contributed by atoms with E-state index in [1.54, 1.807) is 10.6 Å². The minimum Gasteiger partial charge on any atom is -0.390 e. The number of nitrogens with two attached hydrogens (primary N) is 1. The van der Waals surface area contributed by atoms with Crippen molar-refractivity contribution < 1.29 is 28.7 Å². The number of nitrogen functional groups attached to an aromatic ring is 1. The van der Waals surface area contributed by atoms with E-state index < -0.39 is 38.4 Å². The van der Waals surface area contributed by atoms with Crippen molar-refractivity contribution >= 4 is 69.4 Å². The summed E-state index contributed by atoms with van der Waals surface area (Å²) in [4.78, 5) is 42.0. The number of hydrogen-bond acceptors (Lipinski definition) is 8. The van der Waals surface area contributed by atoms with Crippen LogP contribution < -0.4 is 11.3 Å². The summed E-state index contributed by atoms with van der Waals surface area (Å²) in [7, 11) is -4.77. The van der Waals surface area contributed by atoms with Gasteiger partial charge in [-0.15, -0.1) is 0 Å². The van der Waals surface area contributed by atoms with Crippen molar-refractivity contribution in [2.24, 2.45) is 0 Å². The molecule has 3 atom stereocenters. The van der Waals surface area contributed by atoms with E-state index in [9.17, 15) is 14.5 Å². The first-order valence-corrected chi connectivity index (χ1v) is 14.4. The Morgan fingerprint density at radius 3 is 2.51 bits per heavy atom. The van der Waals surface area contributed by atoms with Gasteiger partial charge in [-0.1, -0.05) is 60.7 Å². The second-order valence-electron chi connectivity index (χ2n) is 10.0. The third kappa shape index (κ3) is 4.47. The van der Waals surface area contributed by atoms with E-state index in [1.807, 2.05) is 18.2 Å². The number of H-pyrrole nitrogens is 1. The Hall–Kier alpha value is -4.16. The fourth-order valence-electron chi connectivity index (χ4n) is 5.68. The number of nitrogens with one attached hydrogen (secondary N) is 1. The molecule has 4 aromatic carbocycles. The zero-order valence-electron chi connectivity index (χ0n) is 21.3. The molecule has 1 aliphatic heterocycles. The standard InChI is InChI=1S/C28H24N5O7P/c29-28-31-26-25(27(35)32-28)30-21(33(26)22-12-19(34)20(40-22)13-39-41(36,37)38)11-9-14-4-5-17-7-6-15-2-1-3-16-8-10-18(14)24(17)23(15)16/h1-11,19-20,22,34H,12-13H2,(H2,36,37,38)(H3,29,31,32,35)/b11-9+/t19-,20+,22+/m0/s1. The van der Waals surface area contributed by atoms with Crippen LogP contribution in [0.3, 0.4) is 0 Å². The van der Waals surface area contributed by atoms with E-state index in [0.717, 1.165) is 32.5 Å². The molecule has 1 fully saturated rings. The van der Waals surface area contributed by atoms with E-state index in [-0.39, 0.29) is 23.5 Å². The van der Waals surface area contributed by atoms with Crippen LogP contribution in [0.15, 0.2) is 59.4 Å². The molecular formula is C28H24N5O7P. The molecule has 41 heavy (non-hydrogen) atoms. The van der Waals surface area contributed by atoms with E-state index in [0.29, 0.717) is 5.82 Å². The van der Waals surface area contributed by atoms with Gasteiger partial charge in [0.1, 0.15) is 18.2 Å². The Balaban J connectivity index is 1.33. The number of ether oxygens (including phenoxy) is 1. The van der Waals surface area contributed by atoms with E-state index in [2.05, 4.69) is 61.9 Å². The highest BCUT2D eigenvalue weighted by Crippen LogP contribution is 2.40. The van der Waals surface area contributed by atoms with Gasteiger partial charge in [0.25, 0.3) is 5.56 Å². The van der Waals surface area contributed by atoms with Gasteiger partial charge in [0.2, 0.25) is 5.95 Å². The SMILES string of the molecule is Nc1nc2c(nc(/C=C/c3ccc4ccc5cccc6ccc3c4c56)n2[C@H]2C[C@H](O)[C@@H](COP(=O)(O)O)O2)c(=O)[nH]1. The molecule has 0 aliphatic carbocycles. The minimum atomic E-state index is -4.77. The van der Waals surface area contributed by atoms with Crippen LogP contribution in [0, 0.1) is 0 Å². The van der Waals surface area contributed by atoms with Gasteiger partial charge in [0.15, 0.2) is 11.2 Å². The molecule has 1 aliphatic rings. The number of anilines is 1. The van der Waals surface area contributed by atoms with Gasteiger partial charge in [-0.05, 0) is 44.0 Å². The summed E-state index contributed by atoms with van der Waals surface area (Å²) in [5, 5.41) is 17.4. The number of fused-ring (bicyclic) bond motifs is 1. The largest absolute Gasteiger partial charge is 0.469 e. The van der Waals surface area contributed by atoms with Crippen LogP contribution in [0.25, 0.3) is 55.6 Å². The number of aromatic amines is 1. The van der Waals surface area contributed by atoms with Crippen molar-refractivity contribution in [1.82, 2.24) is 19.5 Å². The normalized spacial score (nSPS) is 20.0. The van der Waals surface area contributed by atoms with Gasteiger partial charge in [0, 0.05) is 6.42 Å². The second-order valence-corrected chi connectivity index (χ2v) is 11.3. The predicted octanol–water partition coefficient (Wildman–Crippen LogP) is 3.53. The van der Waals surface area contributed by atoms with Crippen molar-refractivity contribution in [2.75, 3.05) is 12.3 Å². The Kier molecular flexibility index (Phi) is 5.94. The van der Waals surface area contributed by atoms with Crippen LogP contribution in [-0.4, -0.2) is 53.2 Å². The molecule has 0 radical (unpaired) electrons. The van der Waals surface area contributed by atoms with Crippen molar-refractivity contribution in [3.05, 3.63) is 76.3 Å². The maximum Gasteiger partial charge on any atom is 0.469 e. The number of benzene rings is 4. The molecule has 13 heteroatoms. The average molecular weight is 574 g/mol. The predicted molar refractivity (Wildman–Crippen MR) is 154 cm³/mol. The maximum atomic E-state index is 12.7. The summed E-state index contributed by atoms with van der Waals surface area (Å²) in [6.45, 7) is -0.529. The fourth-order valence-corrected chi connectivity index (χ4v) is 6.02. The second kappa shape index (κ2) is 9.45. The number of phosphoric acid groups is 1.